The molecule has 1 aromatic rings. The highest BCUT2D eigenvalue weighted by molar-refractivity contribution is 6.36. The van der Waals surface area contributed by atoms with Crippen LogP contribution in [0.1, 0.15) is 37.0 Å². The van der Waals surface area contributed by atoms with Crippen LogP contribution < -0.4 is 11.1 Å². The van der Waals surface area contributed by atoms with Crippen molar-refractivity contribution in [1.82, 2.24) is 5.32 Å². The third-order valence-corrected chi connectivity index (χ3v) is 3.13. The first-order chi connectivity index (χ1) is 9.45. The van der Waals surface area contributed by atoms with Gasteiger partial charge in [0.1, 0.15) is 0 Å². The fraction of sp³-hybridized carbons (Fsp3) is 0.429. The molecular weight excluding hydrogens is 280 g/mol. The lowest BCUT2D eigenvalue weighted by Gasteiger charge is -2.13. The molecule has 0 aliphatic carbocycles. The van der Waals surface area contributed by atoms with Crippen molar-refractivity contribution in [3.8, 4) is 0 Å². The number of nitrogens with two attached hydrogens (primary N) is 1. The van der Waals surface area contributed by atoms with Crippen molar-refractivity contribution in [3.05, 3.63) is 28.8 Å². The second-order valence-corrected chi connectivity index (χ2v) is 4.92. The Balaban J connectivity index is 2.51. The van der Waals surface area contributed by atoms with E-state index in [0.29, 0.717) is 5.69 Å². The number of rotatable bonds is 6. The largest absolute Gasteiger partial charge is 0.452 e. The molecule has 6 heteroatoms. The van der Waals surface area contributed by atoms with Gasteiger partial charge in [0, 0.05) is 6.04 Å². The molecule has 0 saturated carbocycles. The van der Waals surface area contributed by atoms with Crippen molar-refractivity contribution in [2.45, 2.75) is 32.7 Å². The molecular formula is C14H19ClN2O3. The smallest absolute Gasteiger partial charge is 0.340 e. The molecule has 0 aliphatic heterocycles. The van der Waals surface area contributed by atoms with Gasteiger partial charge in [-0.15, -0.1) is 0 Å². The molecule has 0 aromatic heterocycles. The summed E-state index contributed by atoms with van der Waals surface area (Å²) >= 11 is 5.90. The Hall–Kier alpha value is -1.75. The molecule has 0 bridgehead atoms. The van der Waals surface area contributed by atoms with E-state index in [4.69, 9.17) is 22.1 Å². The highest BCUT2D eigenvalue weighted by atomic mass is 35.5. The van der Waals surface area contributed by atoms with Gasteiger partial charge < -0.3 is 15.8 Å². The third kappa shape index (κ3) is 4.74. The molecule has 110 valence electrons. The van der Waals surface area contributed by atoms with Crippen molar-refractivity contribution < 1.29 is 14.3 Å². The van der Waals surface area contributed by atoms with E-state index in [0.717, 1.165) is 12.8 Å². The first-order valence-corrected chi connectivity index (χ1v) is 6.84. The van der Waals surface area contributed by atoms with E-state index in [1.807, 2.05) is 13.8 Å². The number of anilines is 1. The molecule has 1 amide bonds. The van der Waals surface area contributed by atoms with Crippen LogP contribution in [0.25, 0.3) is 0 Å². The minimum Gasteiger partial charge on any atom is -0.452 e. The normalized spacial score (nSPS) is 11.8. The van der Waals surface area contributed by atoms with Gasteiger partial charge in [0.2, 0.25) is 0 Å². The predicted octanol–water partition coefficient (Wildman–Crippen LogP) is 2.38. The summed E-state index contributed by atoms with van der Waals surface area (Å²) in [5, 5.41) is 2.88. The maximum atomic E-state index is 11.8. The standard InChI is InChI=1S/C14H19ClN2O3/c1-3-5-9(2)17-12(18)8-20-14(19)10-6-4-7-11(16)13(10)15/h4,6-7,9H,3,5,8,16H2,1-2H3,(H,17,18). The number of halogens is 1. The molecule has 1 aromatic carbocycles. The Morgan fingerprint density at radius 1 is 1.45 bits per heavy atom. The average molecular weight is 299 g/mol. The summed E-state index contributed by atoms with van der Waals surface area (Å²) in [6.07, 6.45) is 1.85. The fourth-order valence-corrected chi connectivity index (χ4v) is 1.94. The van der Waals surface area contributed by atoms with Gasteiger partial charge in [0.25, 0.3) is 5.91 Å². The average Bonchev–Trinajstić information content (AvgIpc) is 2.39. The molecule has 1 unspecified atom stereocenters. The maximum absolute atomic E-state index is 11.8. The first kappa shape index (κ1) is 16.3. The Bertz CT molecular complexity index is 491. The zero-order valence-electron chi connectivity index (χ0n) is 11.6. The van der Waals surface area contributed by atoms with E-state index >= 15 is 0 Å². The first-order valence-electron chi connectivity index (χ1n) is 6.46. The fourth-order valence-electron chi connectivity index (χ4n) is 1.74. The number of nitrogen functional groups attached to an aromatic ring is 1. The zero-order valence-corrected chi connectivity index (χ0v) is 12.4. The molecule has 0 heterocycles. The van der Waals surface area contributed by atoms with E-state index in [1.165, 1.54) is 6.07 Å². The van der Waals surface area contributed by atoms with Crippen LogP contribution in [-0.4, -0.2) is 24.5 Å². The number of hydrogen-bond acceptors (Lipinski definition) is 4. The number of amides is 1. The van der Waals surface area contributed by atoms with Gasteiger partial charge in [-0.2, -0.15) is 0 Å². The highest BCUT2D eigenvalue weighted by Crippen LogP contribution is 2.23. The molecule has 0 fully saturated rings. The van der Waals surface area contributed by atoms with Gasteiger partial charge in [0.15, 0.2) is 6.61 Å². The van der Waals surface area contributed by atoms with E-state index < -0.39 is 5.97 Å². The van der Waals surface area contributed by atoms with Crippen LogP contribution in [0.4, 0.5) is 5.69 Å². The topological polar surface area (TPSA) is 81.4 Å². The van der Waals surface area contributed by atoms with Crippen molar-refractivity contribution in [2.24, 2.45) is 0 Å². The number of esters is 1. The second-order valence-electron chi connectivity index (χ2n) is 4.54. The Labute approximate surface area is 123 Å². The van der Waals surface area contributed by atoms with Crippen LogP contribution >= 0.6 is 11.6 Å². The number of hydrogen-bond donors (Lipinski definition) is 2. The molecule has 1 atom stereocenters. The number of carbonyl (C=O) groups excluding carboxylic acids is 2. The SMILES string of the molecule is CCCC(C)NC(=O)COC(=O)c1cccc(N)c1Cl. The second kappa shape index (κ2) is 7.75. The molecule has 0 radical (unpaired) electrons. The van der Waals surface area contributed by atoms with Crippen molar-refractivity contribution >= 4 is 29.2 Å². The van der Waals surface area contributed by atoms with Gasteiger partial charge >= 0.3 is 5.97 Å². The van der Waals surface area contributed by atoms with Gasteiger partial charge in [-0.25, -0.2) is 4.79 Å². The zero-order chi connectivity index (χ0) is 15.1. The predicted molar refractivity (Wildman–Crippen MR) is 78.7 cm³/mol. The van der Waals surface area contributed by atoms with E-state index in [1.54, 1.807) is 12.1 Å². The number of nitrogens with one attached hydrogen (secondary N) is 1. The summed E-state index contributed by atoms with van der Waals surface area (Å²) in [7, 11) is 0. The molecule has 0 saturated heterocycles. The lowest BCUT2D eigenvalue weighted by molar-refractivity contribution is -0.124. The summed E-state index contributed by atoms with van der Waals surface area (Å²) in [5.74, 6) is -1.00. The summed E-state index contributed by atoms with van der Waals surface area (Å²) in [6, 6.07) is 4.74. The minimum absolute atomic E-state index is 0.0576. The lowest BCUT2D eigenvalue weighted by atomic mass is 10.2. The molecule has 0 aliphatic rings. The number of ether oxygens (including phenoxy) is 1. The van der Waals surface area contributed by atoms with Crippen LogP contribution in [0.5, 0.6) is 0 Å². The summed E-state index contributed by atoms with van der Waals surface area (Å²) in [6.45, 7) is 3.60. The lowest BCUT2D eigenvalue weighted by Crippen LogP contribution is -2.35. The van der Waals surface area contributed by atoms with E-state index in [9.17, 15) is 9.59 Å². The summed E-state index contributed by atoms with van der Waals surface area (Å²) in [5.41, 5.74) is 6.04. The summed E-state index contributed by atoms with van der Waals surface area (Å²) in [4.78, 5) is 23.4. The van der Waals surface area contributed by atoms with E-state index in [2.05, 4.69) is 5.32 Å². The van der Waals surface area contributed by atoms with Crippen LogP contribution in [-0.2, 0) is 9.53 Å². The summed E-state index contributed by atoms with van der Waals surface area (Å²) < 4.78 is 4.91. The van der Waals surface area contributed by atoms with Gasteiger partial charge in [-0.3, -0.25) is 4.79 Å². The van der Waals surface area contributed by atoms with Gasteiger partial charge in [-0.05, 0) is 25.5 Å². The van der Waals surface area contributed by atoms with Crippen molar-refractivity contribution in [3.63, 3.8) is 0 Å². The van der Waals surface area contributed by atoms with Crippen LogP contribution in [0.15, 0.2) is 18.2 Å². The molecule has 3 N–H and O–H groups in total. The monoisotopic (exact) mass is 298 g/mol. The number of carbonyl (C=O) groups is 2. The quantitative estimate of drug-likeness (QED) is 0.624. The van der Waals surface area contributed by atoms with Crippen LogP contribution in [0.3, 0.4) is 0 Å². The molecule has 5 nitrogen and oxygen atoms in total. The molecule has 1 rings (SSSR count). The van der Waals surface area contributed by atoms with Gasteiger partial charge in [-0.1, -0.05) is 31.0 Å². The minimum atomic E-state index is -0.666. The Morgan fingerprint density at radius 3 is 2.80 bits per heavy atom. The highest BCUT2D eigenvalue weighted by Gasteiger charge is 2.15. The molecule has 0 spiro atoms. The van der Waals surface area contributed by atoms with Gasteiger partial charge in [0.05, 0.1) is 16.3 Å². The molecule has 20 heavy (non-hydrogen) atoms. The van der Waals surface area contributed by atoms with Crippen molar-refractivity contribution in [1.29, 1.82) is 0 Å². The number of benzene rings is 1. The Kier molecular flexibility index (Phi) is 6.31. The third-order valence-electron chi connectivity index (χ3n) is 2.71. The van der Waals surface area contributed by atoms with E-state index in [-0.39, 0.29) is 29.1 Å². The Morgan fingerprint density at radius 2 is 2.15 bits per heavy atom. The van der Waals surface area contributed by atoms with Crippen LogP contribution in [0, 0.1) is 0 Å². The van der Waals surface area contributed by atoms with Crippen molar-refractivity contribution in [2.75, 3.05) is 12.3 Å². The van der Waals surface area contributed by atoms with Crippen LogP contribution in [0.2, 0.25) is 5.02 Å². The maximum Gasteiger partial charge on any atom is 0.340 e.